The lowest BCUT2D eigenvalue weighted by Gasteiger charge is -2.26. The summed E-state index contributed by atoms with van der Waals surface area (Å²) in [5, 5.41) is 4.83. The quantitative estimate of drug-likeness (QED) is 0.339. The lowest BCUT2D eigenvalue weighted by molar-refractivity contribution is 0.0998. The Hall–Kier alpha value is -4.21. The molecule has 1 saturated heterocycles. The van der Waals surface area contributed by atoms with E-state index in [1.165, 1.54) is 0 Å². The maximum atomic E-state index is 11.7. The molecule has 0 unspecified atom stereocenters. The Morgan fingerprint density at radius 2 is 1.88 bits per heavy atom. The number of nitrogens with two attached hydrogens (primary N) is 1. The number of carbonyl (C=O) groups excluding carboxylic acids is 1. The molecule has 41 heavy (non-hydrogen) atoms. The van der Waals surface area contributed by atoms with Gasteiger partial charge in [0, 0.05) is 26.4 Å². The molecule has 10 nitrogen and oxygen atoms in total. The van der Waals surface area contributed by atoms with Crippen molar-refractivity contribution in [3.05, 3.63) is 81.3 Å². The van der Waals surface area contributed by atoms with Crippen LogP contribution < -0.4 is 20.9 Å². The third-order valence-electron chi connectivity index (χ3n) is 7.51. The van der Waals surface area contributed by atoms with Crippen molar-refractivity contribution < 1.29 is 11.0 Å². The Balaban J connectivity index is 0.000000311. The van der Waals surface area contributed by atoms with Gasteiger partial charge in [0.05, 0.1) is 25.0 Å². The minimum Gasteiger partial charge on any atom is -0.495 e. The van der Waals surface area contributed by atoms with Crippen LogP contribution in [0.4, 0.5) is 5.82 Å². The molecule has 2 N–H and O–H groups in total. The van der Waals surface area contributed by atoms with Crippen molar-refractivity contribution in [2.75, 3.05) is 18.6 Å². The molecule has 0 radical (unpaired) electrons. The predicted molar refractivity (Wildman–Crippen MR) is 165 cm³/mol. The molecular weight excluding hydrogens is 518 g/mol. The highest BCUT2D eigenvalue weighted by Crippen LogP contribution is 2.41. The van der Waals surface area contributed by atoms with E-state index in [4.69, 9.17) is 15.6 Å². The number of primary amides is 1. The number of hydrogen-bond acceptors (Lipinski definition) is 7. The van der Waals surface area contributed by atoms with Crippen LogP contribution in [0.2, 0.25) is 0 Å². The minimum atomic E-state index is -0.666. The molecule has 2 atom stereocenters. The van der Waals surface area contributed by atoms with Gasteiger partial charge in [0.15, 0.2) is 5.65 Å². The molecule has 222 valence electrons. The molecule has 0 spiro atoms. The first-order chi connectivity index (χ1) is 19.7. The van der Waals surface area contributed by atoms with Crippen molar-refractivity contribution in [2.45, 2.75) is 73.9 Å². The number of amides is 1. The van der Waals surface area contributed by atoms with Gasteiger partial charge in [-0.2, -0.15) is 0 Å². The molecule has 0 aromatic carbocycles. The van der Waals surface area contributed by atoms with Gasteiger partial charge >= 0.3 is 0 Å². The van der Waals surface area contributed by atoms with Gasteiger partial charge in [-0.1, -0.05) is 27.2 Å². The second-order valence-electron chi connectivity index (χ2n) is 9.87. The zero-order valence-electron chi connectivity index (χ0n) is 25.5. The molecule has 0 aliphatic carbocycles. The fourth-order valence-corrected chi connectivity index (χ4v) is 5.14. The van der Waals surface area contributed by atoms with Crippen LogP contribution in [0.1, 0.15) is 81.0 Å². The number of anilines is 1. The van der Waals surface area contributed by atoms with Gasteiger partial charge in [0.2, 0.25) is 0 Å². The van der Waals surface area contributed by atoms with Crippen molar-refractivity contribution in [3.63, 3.8) is 0 Å². The summed E-state index contributed by atoms with van der Waals surface area (Å²) >= 11 is 0. The molecule has 5 rings (SSSR count). The molecule has 1 aliphatic heterocycles. The van der Waals surface area contributed by atoms with Crippen molar-refractivity contribution >= 4 is 17.4 Å². The highest BCUT2D eigenvalue weighted by molar-refractivity contribution is 5.92. The molecule has 4 aromatic heterocycles. The highest BCUT2D eigenvalue weighted by Gasteiger charge is 2.35. The third kappa shape index (κ3) is 6.58. The molecular formula is C31H45N7O3. The van der Waals surface area contributed by atoms with Gasteiger partial charge in [0.1, 0.15) is 22.8 Å². The van der Waals surface area contributed by atoms with Crippen LogP contribution in [0.15, 0.2) is 47.5 Å². The van der Waals surface area contributed by atoms with Crippen molar-refractivity contribution in [3.8, 4) is 5.75 Å². The van der Waals surface area contributed by atoms with Gasteiger partial charge in [0.25, 0.3) is 11.5 Å². The summed E-state index contributed by atoms with van der Waals surface area (Å²) in [6.07, 6.45) is 5.90. The molecule has 4 aromatic rings. The number of methoxy groups -OCH3 is 1. The largest absolute Gasteiger partial charge is 0.495 e. The van der Waals surface area contributed by atoms with Gasteiger partial charge < -0.3 is 19.9 Å². The summed E-state index contributed by atoms with van der Waals surface area (Å²) in [4.78, 5) is 34.0. The van der Waals surface area contributed by atoms with Gasteiger partial charge in [-0.05, 0) is 75.9 Å². The fourth-order valence-electron chi connectivity index (χ4n) is 5.14. The van der Waals surface area contributed by atoms with E-state index in [1.807, 2.05) is 76.7 Å². The van der Waals surface area contributed by atoms with Crippen molar-refractivity contribution in [2.24, 2.45) is 11.7 Å². The van der Waals surface area contributed by atoms with Crippen LogP contribution in [0, 0.1) is 26.7 Å². The monoisotopic (exact) mass is 563 g/mol. The smallest absolute Gasteiger partial charge is 0.263 e. The maximum Gasteiger partial charge on any atom is 0.263 e. The average Bonchev–Trinajstić information content (AvgIpc) is 3.60. The van der Waals surface area contributed by atoms with Crippen LogP contribution in [-0.4, -0.2) is 43.7 Å². The molecule has 1 aliphatic rings. The number of nitrogens with zero attached hydrogens (tertiary/aromatic N) is 6. The highest BCUT2D eigenvalue weighted by atomic mass is 16.5. The number of aryl methyl sites for hydroxylation is 2. The van der Waals surface area contributed by atoms with Crippen LogP contribution in [0.3, 0.4) is 0 Å². The summed E-state index contributed by atoms with van der Waals surface area (Å²) < 4.78 is 9.02. The Morgan fingerprint density at radius 1 is 1.15 bits per heavy atom. The summed E-state index contributed by atoms with van der Waals surface area (Å²) in [6.45, 7) is 15.4. The first-order valence-electron chi connectivity index (χ1n) is 14.3. The molecule has 1 amide bonds. The molecule has 0 bridgehead atoms. The lowest BCUT2D eigenvalue weighted by atomic mass is 10.0. The normalized spacial score (nSPS) is 16.0. The van der Waals surface area contributed by atoms with E-state index in [0.29, 0.717) is 12.5 Å². The van der Waals surface area contributed by atoms with Crippen LogP contribution in [-0.2, 0) is 6.54 Å². The zero-order chi connectivity index (χ0) is 30.3. The maximum absolute atomic E-state index is 11.7. The summed E-state index contributed by atoms with van der Waals surface area (Å²) in [7, 11) is 1.70. The van der Waals surface area contributed by atoms with E-state index in [1.54, 1.807) is 17.7 Å². The Morgan fingerprint density at radius 3 is 2.51 bits per heavy atom. The average molecular weight is 564 g/mol. The van der Waals surface area contributed by atoms with Crippen molar-refractivity contribution in [1.29, 1.82) is 0 Å². The van der Waals surface area contributed by atoms with E-state index in [-0.39, 0.29) is 18.6 Å². The molecule has 1 fully saturated rings. The topological polar surface area (TPSA) is 121 Å². The van der Waals surface area contributed by atoms with E-state index in [9.17, 15) is 9.59 Å². The van der Waals surface area contributed by atoms with Crippen LogP contribution >= 0.6 is 0 Å². The number of carbonyl (C=O) groups is 1. The van der Waals surface area contributed by atoms with E-state index in [2.05, 4.69) is 27.9 Å². The van der Waals surface area contributed by atoms with E-state index in [0.717, 1.165) is 59.2 Å². The summed E-state index contributed by atoms with van der Waals surface area (Å²) in [6, 6.07) is 9.71. The second-order valence-corrected chi connectivity index (χ2v) is 9.87. The number of pyridine rings is 2. The number of imidazole rings is 1. The summed E-state index contributed by atoms with van der Waals surface area (Å²) in [5.41, 5.74) is 9.55. The SMILES string of the molecule is CC.CC[C@H]1C[C@H](c2ncccc2OC)N(c2ccc3ncc(C)n3n2)C1.CCn1c(C)c(C)cc(C(N)=O)c1=O.[HH]. The molecule has 10 heteroatoms. The molecule has 5 heterocycles. The van der Waals surface area contributed by atoms with Crippen LogP contribution in [0.5, 0.6) is 5.75 Å². The van der Waals surface area contributed by atoms with Crippen LogP contribution in [0.25, 0.3) is 5.65 Å². The number of hydrogen-bond donors (Lipinski definition) is 1. The lowest BCUT2D eigenvalue weighted by Crippen LogP contribution is -2.31. The van der Waals surface area contributed by atoms with Gasteiger partial charge in [-0.3, -0.25) is 14.6 Å². The van der Waals surface area contributed by atoms with E-state index < -0.39 is 5.91 Å². The minimum absolute atomic E-state index is 0. The third-order valence-corrected chi connectivity index (χ3v) is 7.51. The number of aromatic nitrogens is 5. The number of rotatable bonds is 6. The Kier molecular flexibility index (Phi) is 10.6. The van der Waals surface area contributed by atoms with Crippen molar-refractivity contribution in [1.82, 2.24) is 24.1 Å². The number of ether oxygens (including phenoxy) is 1. The van der Waals surface area contributed by atoms with E-state index >= 15 is 0 Å². The summed E-state index contributed by atoms with van der Waals surface area (Å²) in [5.74, 6) is 1.76. The second kappa shape index (κ2) is 13.9. The molecule has 0 saturated carbocycles. The predicted octanol–water partition coefficient (Wildman–Crippen LogP) is 5.28. The Bertz CT molecular complexity index is 1550. The first-order valence-corrected chi connectivity index (χ1v) is 14.3. The number of fused-ring (bicyclic) bond motifs is 1. The fraction of sp³-hybridized carbons (Fsp3) is 0.452. The first kappa shape index (κ1) is 31.3. The zero-order valence-corrected chi connectivity index (χ0v) is 25.5. The van der Waals surface area contributed by atoms with Gasteiger partial charge in [-0.25, -0.2) is 9.50 Å². The Labute approximate surface area is 243 Å². The van der Waals surface area contributed by atoms with Gasteiger partial charge in [-0.15, -0.1) is 5.10 Å². The standard InChI is InChI=1S/C19H23N5O.C10H14N2O2.C2H6.H2/c1-4-14-10-15(19-16(25-3)6-5-9-20-19)23(12-14)18-8-7-17-21-11-13(2)24(17)22-18;1-4-12-7(3)6(2)5-8(9(11)13)10(12)14;1-2;/h5-9,11,14-15H,4,10,12H2,1-3H3;5H,4H2,1-3H3,(H2,11,13);1-2H3;1H/t14-,15+;;;/m0.../s1.